The molecule has 0 radical (unpaired) electrons. The van der Waals surface area contributed by atoms with Gasteiger partial charge in [-0.2, -0.15) is 0 Å². The molecule has 0 aliphatic carbocycles. The lowest BCUT2D eigenvalue weighted by atomic mass is 10.1. The number of carbonyl (C=O) groups is 3. The monoisotopic (exact) mass is 929 g/mol. The molecule has 67 heavy (non-hydrogen) atoms. The maximum Gasteiger partial charge on any atom is 0.306 e. The fraction of sp³-hybridized carbons (Fsp3) is 0.656. The van der Waals surface area contributed by atoms with Gasteiger partial charge >= 0.3 is 17.9 Å². The van der Waals surface area contributed by atoms with Crippen molar-refractivity contribution < 1.29 is 28.6 Å². The normalized spacial score (nSPS) is 12.9. The fourth-order valence-electron chi connectivity index (χ4n) is 7.13. The first-order valence-electron chi connectivity index (χ1n) is 27.4. The van der Waals surface area contributed by atoms with Crippen LogP contribution in [0.25, 0.3) is 0 Å². The van der Waals surface area contributed by atoms with Crippen LogP contribution in [0, 0.1) is 0 Å². The smallest absolute Gasteiger partial charge is 0.306 e. The standard InChI is InChI=1S/C61H100O6/c1-4-7-10-13-16-19-22-25-28-30-33-35-38-41-44-47-50-53-59(62)65-56-58(67-61(64)55-52-49-46-43-40-37-32-27-24-21-18-15-12-9-6-3)57-66-60(63)54-51-48-45-42-39-36-34-31-29-26-23-20-17-14-11-8-5-2/h7,10,16,18-19,21,25-29,32-33,35,40-41,43-44,58H,4-6,8-9,11-15,17,20,22-24,30-31,34,36-39,42,45-57H2,1-3H3/b10-7-,19-16-,21-18-,28-25-,29-26-,32-27-,35-33-,43-40-,44-41-/t58-/m1/s1. The van der Waals surface area contributed by atoms with E-state index in [9.17, 15) is 14.4 Å². The Bertz CT molecular complexity index is 1390. The molecule has 6 heteroatoms. The SMILES string of the molecule is CC/C=C\C/C=C\C/C=C\C/C=C\C/C=C\CCCC(=O)OC[C@H](COC(=O)CCCCCCCCC/C=C\CCCCCCCC)OC(=O)CCCC/C=C\C/C=C\C/C=C\CCCCC. The van der Waals surface area contributed by atoms with Crippen LogP contribution < -0.4 is 0 Å². The number of allylic oxidation sites excluding steroid dienone is 18. The van der Waals surface area contributed by atoms with Gasteiger partial charge in [0.1, 0.15) is 13.2 Å². The van der Waals surface area contributed by atoms with Crippen molar-refractivity contribution in [3.8, 4) is 0 Å². The van der Waals surface area contributed by atoms with Crippen molar-refractivity contribution in [1.82, 2.24) is 0 Å². The molecule has 0 saturated carbocycles. The van der Waals surface area contributed by atoms with E-state index in [1.165, 1.54) is 103 Å². The van der Waals surface area contributed by atoms with Gasteiger partial charge in [0.15, 0.2) is 6.10 Å². The zero-order valence-corrected chi connectivity index (χ0v) is 43.4. The summed E-state index contributed by atoms with van der Waals surface area (Å²) in [4.78, 5) is 38.1. The van der Waals surface area contributed by atoms with E-state index in [2.05, 4.69) is 130 Å². The van der Waals surface area contributed by atoms with Crippen LogP contribution in [0.3, 0.4) is 0 Å². The first-order chi connectivity index (χ1) is 33.0. The molecule has 0 saturated heterocycles. The molecular weight excluding hydrogens is 829 g/mol. The minimum absolute atomic E-state index is 0.115. The Kier molecular flexibility index (Phi) is 51.5. The van der Waals surface area contributed by atoms with Gasteiger partial charge in [-0.15, -0.1) is 0 Å². The van der Waals surface area contributed by atoms with Crippen LogP contribution in [0.15, 0.2) is 109 Å². The van der Waals surface area contributed by atoms with Crippen molar-refractivity contribution in [2.24, 2.45) is 0 Å². The molecule has 0 amide bonds. The molecule has 0 rings (SSSR count). The summed E-state index contributed by atoms with van der Waals surface area (Å²) in [5.74, 6) is -1.02. The molecule has 0 spiro atoms. The van der Waals surface area contributed by atoms with E-state index in [0.29, 0.717) is 19.3 Å². The molecule has 0 aliphatic heterocycles. The van der Waals surface area contributed by atoms with Crippen LogP contribution in [0.2, 0.25) is 0 Å². The van der Waals surface area contributed by atoms with E-state index in [1.807, 2.05) is 0 Å². The van der Waals surface area contributed by atoms with Crippen LogP contribution in [0.1, 0.15) is 239 Å². The number of ether oxygens (including phenoxy) is 3. The number of rotatable bonds is 48. The summed E-state index contributed by atoms with van der Waals surface area (Å²) in [6.45, 7) is 6.40. The number of hydrogen-bond acceptors (Lipinski definition) is 6. The Morgan fingerprint density at radius 3 is 1.04 bits per heavy atom. The number of hydrogen-bond donors (Lipinski definition) is 0. The predicted molar refractivity (Wildman–Crippen MR) is 288 cm³/mol. The number of carbonyl (C=O) groups excluding carboxylic acids is 3. The summed E-state index contributed by atoms with van der Waals surface area (Å²) < 4.78 is 16.7. The van der Waals surface area contributed by atoms with Crippen LogP contribution in [-0.4, -0.2) is 37.2 Å². The fourth-order valence-corrected chi connectivity index (χ4v) is 7.13. The minimum atomic E-state index is -0.824. The van der Waals surface area contributed by atoms with E-state index >= 15 is 0 Å². The predicted octanol–water partition coefficient (Wildman–Crippen LogP) is 18.3. The quantitative estimate of drug-likeness (QED) is 0.0262. The van der Waals surface area contributed by atoms with E-state index in [4.69, 9.17) is 14.2 Å². The zero-order valence-electron chi connectivity index (χ0n) is 43.4. The number of unbranched alkanes of at least 4 members (excludes halogenated alkanes) is 19. The minimum Gasteiger partial charge on any atom is -0.462 e. The summed E-state index contributed by atoms with van der Waals surface area (Å²) >= 11 is 0. The van der Waals surface area contributed by atoms with Crippen molar-refractivity contribution in [3.63, 3.8) is 0 Å². The molecule has 0 aliphatic rings. The molecule has 0 aromatic carbocycles. The first kappa shape index (κ1) is 63.1. The van der Waals surface area contributed by atoms with Gasteiger partial charge in [0.05, 0.1) is 0 Å². The Morgan fingerprint density at radius 2 is 0.597 bits per heavy atom. The molecule has 0 N–H and O–H groups in total. The molecule has 0 bridgehead atoms. The molecule has 0 heterocycles. The van der Waals surface area contributed by atoms with Crippen molar-refractivity contribution >= 4 is 17.9 Å². The van der Waals surface area contributed by atoms with Gasteiger partial charge in [-0.25, -0.2) is 0 Å². The van der Waals surface area contributed by atoms with Crippen molar-refractivity contribution in [1.29, 1.82) is 0 Å². The Balaban J connectivity index is 4.54. The third-order valence-corrected chi connectivity index (χ3v) is 11.2. The molecular formula is C61H100O6. The number of esters is 3. The van der Waals surface area contributed by atoms with E-state index in [1.54, 1.807) is 0 Å². The van der Waals surface area contributed by atoms with Crippen LogP contribution in [0.5, 0.6) is 0 Å². The molecule has 0 aromatic rings. The Hall–Kier alpha value is -3.93. The largest absolute Gasteiger partial charge is 0.462 e. The molecule has 6 nitrogen and oxygen atoms in total. The van der Waals surface area contributed by atoms with Gasteiger partial charge < -0.3 is 14.2 Å². The molecule has 380 valence electrons. The Labute approximate surface area is 412 Å². The second kappa shape index (κ2) is 54.7. The van der Waals surface area contributed by atoms with E-state index in [-0.39, 0.29) is 44.0 Å². The summed E-state index contributed by atoms with van der Waals surface area (Å²) in [6.07, 6.45) is 73.7. The van der Waals surface area contributed by atoms with Gasteiger partial charge in [0, 0.05) is 19.3 Å². The summed E-state index contributed by atoms with van der Waals surface area (Å²) in [7, 11) is 0. The lowest BCUT2D eigenvalue weighted by molar-refractivity contribution is -0.167. The van der Waals surface area contributed by atoms with Gasteiger partial charge in [0.2, 0.25) is 0 Å². The molecule has 0 fully saturated rings. The average Bonchev–Trinajstić information content (AvgIpc) is 3.33. The van der Waals surface area contributed by atoms with Crippen molar-refractivity contribution in [2.45, 2.75) is 245 Å². The second-order valence-electron chi connectivity index (χ2n) is 17.7. The van der Waals surface area contributed by atoms with Crippen LogP contribution in [0.4, 0.5) is 0 Å². The highest BCUT2D eigenvalue weighted by atomic mass is 16.6. The highest BCUT2D eigenvalue weighted by Gasteiger charge is 2.19. The second-order valence-corrected chi connectivity index (χ2v) is 17.7. The van der Waals surface area contributed by atoms with Gasteiger partial charge in [-0.05, 0) is 122 Å². The summed E-state index contributed by atoms with van der Waals surface area (Å²) in [5.41, 5.74) is 0. The Morgan fingerprint density at radius 1 is 0.313 bits per heavy atom. The lowest BCUT2D eigenvalue weighted by Gasteiger charge is -2.18. The van der Waals surface area contributed by atoms with Crippen LogP contribution in [-0.2, 0) is 28.6 Å². The molecule has 0 aromatic heterocycles. The highest BCUT2D eigenvalue weighted by molar-refractivity contribution is 5.71. The molecule has 1 atom stereocenters. The van der Waals surface area contributed by atoms with Crippen LogP contribution >= 0.6 is 0 Å². The lowest BCUT2D eigenvalue weighted by Crippen LogP contribution is -2.30. The third kappa shape index (κ3) is 52.9. The maximum atomic E-state index is 12.8. The van der Waals surface area contributed by atoms with Gasteiger partial charge in [0.25, 0.3) is 0 Å². The molecule has 0 unspecified atom stereocenters. The topological polar surface area (TPSA) is 78.9 Å². The van der Waals surface area contributed by atoms with E-state index in [0.717, 1.165) is 83.5 Å². The average molecular weight is 929 g/mol. The maximum absolute atomic E-state index is 12.8. The first-order valence-corrected chi connectivity index (χ1v) is 27.4. The zero-order chi connectivity index (χ0) is 48.6. The summed E-state index contributed by atoms with van der Waals surface area (Å²) in [5, 5.41) is 0. The van der Waals surface area contributed by atoms with Crippen molar-refractivity contribution in [3.05, 3.63) is 109 Å². The summed E-state index contributed by atoms with van der Waals surface area (Å²) in [6, 6.07) is 0. The van der Waals surface area contributed by atoms with Gasteiger partial charge in [-0.1, -0.05) is 207 Å². The highest BCUT2D eigenvalue weighted by Crippen LogP contribution is 2.13. The van der Waals surface area contributed by atoms with Gasteiger partial charge in [-0.3, -0.25) is 14.4 Å². The van der Waals surface area contributed by atoms with E-state index < -0.39 is 6.10 Å². The van der Waals surface area contributed by atoms with Crippen molar-refractivity contribution in [2.75, 3.05) is 13.2 Å². The third-order valence-electron chi connectivity index (χ3n) is 11.2.